The van der Waals surface area contributed by atoms with Gasteiger partial charge in [0.2, 0.25) is 5.91 Å². The van der Waals surface area contributed by atoms with Crippen LogP contribution in [-0.4, -0.2) is 43.0 Å². The van der Waals surface area contributed by atoms with E-state index in [0.29, 0.717) is 36.4 Å². The van der Waals surface area contributed by atoms with Crippen LogP contribution in [0.4, 0.5) is 5.13 Å². The molecule has 0 aliphatic carbocycles. The topological polar surface area (TPSA) is 93.0 Å². The van der Waals surface area contributed by atoms with Crippen molar-refractivity contribution < 1.29 is 9.59 Å². The van der Waals surface area contributed by atoms with Crippen molar-refractivity contribution in [2.24, 2.45) is 0 Å². The van der Waals surface area contributed by atoms with Gasteiger partial charge in [-0.25, -0.2) is 4.98 Å². The first kappa shape index (κ1) is 15.6. The molecule has 2 aromatic heterocycles. The molecule has 0 spiro atoms. The number of thiazole rings is 1. The van der Waals surface area contributed by atoms with E-state index < -0.39 is 0 Å². The molecule has 1 N–H and O–H groups in total. The Balaban J connectivity index is 1.74. The molecule has 9 heteroatoms. The zero-order valence-electron chi connectivity index (χ0n) is 13.2. The highest BCUT2D eigenvalue weighted by Gasteiger charge is 2.27. The number of amides is 2. The van der Waals surface area contributed by atoms with Crippen LogP contribution in [-0.2, 0) is 17.9 Å². The normalized spacial score (nSPS) is 14.0. The van der Waals surface area contributed by atoms with Gasteiger partial charge in [0.1, 0.15) is 11.5 Å². The molecule has 1 aliphatic rings. The number of anilines is 1. The van der Waals surface area contributed by atoms with E-state index >= 15 is 0 Å². The molecular formula is C14H18N6O2S. The van der Waals surface area contributed by atoms with Gasteiger partial charge in [0.25, 0.3) is 5.91 Å². The van der Waals surface area contributed by atoms with E-state index in [4.69, 9.17) is 0 Å². The fraction of sp³-hybridized carbons (Fsp3) is 0.500. The average Bonchev–Trinajstić information content (AvgIpc) is 3.11. The quantitative estimate of drug-likeness (QED) is 0.917. The summed E-state index contributed by atoms with van der Waals surface area (Å²) in [7, 11) is 0. The van der Waals surface area contributed by atoms with Gasteiger partial charge in [0.05, 0.1) is 6.54 Å². The van der Waals surface area contributed by atoms with Crippen molar-refractivity contribution in [3.05, 3.63) is 22.7 Å². The van der Waals surface area contributed by atoms with E-state index in [1.165, 1.54) is 18.3 Å². The molecule has 0 bridgehead atoms. The van der Waals surface area contributed by atoms with Crippen molar-refractivity contribution in [3.8, 4) is 0 Å². The lowest BCUT2D eigenvalue weighted by molar-refractivity contribution is -0.114. The molecule has 0 aromatic carbocycles. The average molecular weight is 334 g/mol. The molecule has 3 rings (SSSR count). The van der Waals surface area contributed by atoms with Gasteiger partial charge in [-0.2, -0.15) is 0 Å². The van der Waals surface area contributed by atoms with E-state index in [2.05, 4.69) is 38.9 Å². The minimum Gasteiger partial charge on any atom is -0.328 e. The maximum absolute atomic E-state index is 12.5. The fourth-order valence-corrected chi connectivity index (χ4v) is 3.25. The van der Waals surface area contributed by atoms with Crippen LogP contribution in [0.25, 0.3) is 0 Å². The summed E-state index contributed by atoms with van der Waals surface area (Å²) in [6.45, 7) is 7.26. The summed E-state index contributed by atoms with van der Waals surface area (Å²) >= 11 is 1.24. The first-order valence-corrected chi connectivity index (χ1v) is 8.28. The lowest BCUT2D eigenvalue weighted by Gasteiger charge is -2.27. The minimum absolute atomic E-state index is 0.154. The molecule has 1 aliphatic heterocycles. The van der Waals surface area contributed by atoms with E-state index in [0.717, 1.165) is 11.6 Å². The van der Waals surface area contributed by atoms with Gasteiger partial charge >= 0.3 is 0 Å². The molecule has 0 fully saturated rings. The molecular weight excluding hydrogens is 316 g/mol. The Bertz CT molecular complexity index is 750. The summed E-state index contributed by atoms with van der Waals surface area (Å²) in [5.74, 6) is 1.69. The van der Waals surface area contributed by atoms with Crippen LogP contribution in [0.15, 0.2) is 5.38 Å². The lowest BCUT2D eigenvalue weighted by Crippen LogP contribution is -2.39. The number of rotatable bonds is 3. The summed E-state index contributed by atoms with van der Waals surface area (Å²) in [5, 5.41) is 13.1. The van der Waals surface area contributed by atoms with Crippen molar-refractivity contribution in [1.82, 2.24) is 24.6 Å². The van der Waals surface area contributed by atoms with Gasteiger partial charge in [-0.1, -0.05) is 13.8 Å². The smallest absolute Gasteiger partial charge is 0.273 e. The molecule has 0 radical (unpaired) electrons. The Hall–Kier alpha value is -2.29. The Morgan fingerprint density at radius 2 is 2.09 bits per heavy atom. The summed E-state index contributed by atoms with van der Waals surface area (Å²) < 4.78 is 2.08. The molecule has 2 amide bonds. The lowest BCUT2D eigenvalue weighted by atomic mass is 10.2. The number of hydrogen-bond acceptors (Lipinski definition) is 6. The van der Waals surface area contributed by atoms with Crippen LogP contribution in [0, 0.1) is 0 Å². The third-order valence-electron chi connectivity index (χ3n) is 3.59. The van der Waals surface area contributed by atoms with Crippen LogP contribution in [0.5, 0.6) is 0 Å². The van der Waals surface area contributed by atoms with E-state index in [9.17, 15) is 9.59 Å². The predicted octanol–water partition coefficient (Wildman–Crippen LogP) is 1.47. The second-order valence-electron chi connectivity index (χ2n) is 5.73. The summed E-state index contributed by atoms with van der Waals surface area (Å²) in [4.78, 5) is 29.5. The van der Waals surface area contributed by atoms with Crippen molar-refractivity contribution in [2.75, 3.05) is 11.9 Å². The third kappa shape index (κ3) is 3.09. The van der Waals surface area contributed by atoms with Crippen molar-refractivity contribution >= 4 is 28.3 Å². The highest BCUT2D eigenvalue weighted by molar-refractivity contribution is 7.14. The van der Waals surface area contributed by atoms with Crippen LogP contribution < -0.4 is 5.32 Å². The minimum atomic E-state index is -0.203. The maximum atomic E-state index is 12.5. The number of aromatic nitrogens is 4. The van der Waals surface area contributed by atoms with Gasteiger partial charge in [-0.05, 0) is 0 Å². The maximum Gasteiger partial charge on any atom is 0.273 e. The van der Waals surface area contributed by atoms with Crippen LogP contribution >= 0.6 is 11.3 Å². The van der Waals surface area contributed by atoms with E-state index in [1.807, 2.05) is 0 Å². The molecule has 0 unspecified atom stereocenters. The standard InChI is InChI=1S/C14H18N6O2S/c1-8(2)12-18-17-11-6-19(4-5-20(11)12)13(22)10-7-23-14(16-10)15-9(3)21/h7-8H,4-6H2,1-3H3,(H,15,16,21). The second kappa shape index (κ2) is 6.07. The molecule has 2 aromatic rings. The molecule has 3 heterocycles. The molecule has 23 heavy (non-hydrogen) atoms. The van der Waals surface area contributed by atoms with E-state index in [-0.39, 0.29) is 11.8 Å². The number of carbonyl (C=O) groups is 2. The van der Waals surface area contributed by atoms with Crippen LogP contribution in [0.1, 0.15) is 48.8 Å². The number of fused-ring (bicyclic) bond motifs is 1. The fourth-order valence-electron chi connectivity index (χ4n) is 2.52. The van der Waals surface area contributed by atoms with Crippen molar-refractivity contribution in [1.29, 1.82) is 0 Å². The predicted molar refractivity (Wildman–Crippen MR) is 85.3 cm³/mol. The highest BCUT2D eigenvalue weighted by atomic mass is 32.1. The summed E-state index contributed by atoms with van der Waals surface area (Å²) in [5.41, 5.74) is 0.343. The van der Waals surface area contributed by atoms with Gasteiger partial charge < -0.3 is 14.8 Å². The number of nitrogens with zero attached hydrogens (tertiary/aromatic N) is 5. The summed E-state index contributed by atoms with van der Waals surface area (Å²) in [6.07, 6.45) is 0. The van der Waals surface area contributed by atoms with Crippen LogP contribution in [0.2, 0.25) is 0 Å². The first-order valence-electron chi connectivity index (χ1n) is 7.40. The largest absolute Gasteiger partial charge is 0.328 e. The van der Waals surface area contributed by atoms with Crippen molar-refractivity contribution in [2.45, 2.75) is 39.8 Å². The Labute approximate surface area is 137 Å². The van der Waals surface area contributed by atoms with Gasteiger partial charge in [0.15, 0.2) is 11.0 Å². The van der Waals surface area contributed by atoms with Crippen molar-refractivity contribution in [3.63, 3.8) is 0 Å². The molecule has 0 saturated heterocycles. The molecule has 0 saturated carbocycles. The Morgan fingerprint density at radius 3 is 2.78 bits per heavy atom. The van der Waals surface area contributed by atoms with Crippen LogP contribution in [0.3, 0.4) is 0 Å². The SMILES string of the molecule is CC(=O)Nc1nc(C(=O)N2CCn3c(nnc3C(C)C)C2)cs1. The second-order valence-corrected chi connectivity index (χ2v) is 6.58. The Morgan fingerprint density at radius 1 is 1.30 bits per heavy atom. The van der Waals surface area contributed by atoms with E-state index in [1.54, 1.807) is 10.3 Å². The number of hydrogen-bond donors (Lipinski definition) is 1. The number of carbonyl (C=O) groups excluding carboxylic acids is 2. The van der Waals surface area contributed by atoms with Gasteiger partial charge in [-0.3, -0.25) is 9.59 Å². The summed E-state index contributed by atoms with van der Waals surface area (Å²) in [6, 6.07) is 0. The zero-order valence-corrected chi connectivity index (χ0v) is 14.1. The monoisotopic (exact) mass is 334 g/mol. The highest BCUT2D eigenvalue weighted by Crippen LogP contribution is 2.21. The number of nitrogens with one attached hydrogen (secondary N) is 1. The first-order chi connectivity index (χ1) is 11.0. The third-order valence-corrected chi connectivity index (χ3v) is 4.35. The van der Waals surface area contributed by atoms with Gasteiger partial charge in [-0.15, -0.1) is 21.5 Å². The molecule has 8 nitrogen and oxygen atoms in total. The zero-order chi connectivity index (χ0) is 16.6. The molecule has 122 valence electrons. The molecule has 0 atom stereocenters. The Kier molecular flexibility index (Phi) is 4.12. The van der Waals surface area contributed by atoms with Gasteiger partial charge in [0, 0.05) is 31.3 Å².